The standard InChI is InChI=1S/C84H68Ge/c1-61-25-33-65(34-26-61)57-81(69-17-9-5-10-18-69)73-41-49-77(50-42-73)85(78-51-43-74(44-52-78)82(70-19-11-6-12-20-70)58-66-35-27-62(2)28-36-66,79-53-45-75(46-54-79)83(71-21-13-7-14-22-71)59-67-37-29-63(3)30-38-67)80-55-47-76(48-56-80)84(72-23-15-8-16-24-72)60-68-39-31-64(4)32-40-68/h5-60H,1-4H3/b81-57+,82-58+,83-59+,84-60+. The Bertz CT molecular complexity index is 3710. The molecule has 0 bridgehead atoms. The van der Waals surface area contributed by atoms with Gasteiger partial charge in [-0.05, 0) is 0 Å². The summed E-state index contributed by atoms with van der Waals surface area (Å²) in [5.74, 6) is 0. The summed E-state index contributed by atoms with van der Waals surface area (Å²) in [5, 5.41) is 0. The van der Waals surface area contributed by atoms with Crippen LogP contribution in [0.3, 0.4) is 0 Å². The van der Waals surface area contributed by atoms with Crippen LogP contribution in [0, 0.1) is 27.7 Å². The third kappa shape index (κ3) is 12.7. The van der Waals surface area contributed by atoms with Gasteiger partial charge in [-0.25, -0.2) is 0 Å². The molecular weight excluding hydrogens is 1080 g/mol. The molecule has 12 aromatic rings. The molecule has 0 saturated carbocycles. The summed E-state index contributed by atoms with van der Waals surface area (Å²) in [7, 11) is 0. The van der Waals surface area contributed by atoms with Gasteiger partial charge in [-0.2, -0.15) is 0 Å². The van der Waals surface area contributed by atoms with Gasteiger partial charge < -0.3 is 0 Å². The van der Waals surface area contributed by atoms with Gasteiger partial charge in [-0.1, -0.05) is 0 Å². The van der Waals surface area contributed by atoms with Gasteiger partial charge in [-0.15, -0.1) is 0 Å². The number of benzene rings is 12. The first-order chi connectivity index (χ1) is 41.7. The van der Waals surface area contributed by atoms with E-state index in [0.717, 1.165) is 0 Å². The molecule has 0 spiro atoms. The van der Waals surface area contributed by atoms with Crippen LogP contribution in [-0.2, 0) is 0 Å². The molecule has 1 heteroatoms. The van der Waals surface area contributed by atoms with Crippen molar-refractivity contribution in [1.82, 2.24) is 0 Å². The average molecular weight is 1150 g/mol. The molecule has 0 nitrogen and oxygen atoms in total. The Balaban J connectivity index is 1.09. The maximum atomic E-state index is 2.46. The number of aryl methyl sites for hydroxylation is 4. The topological polar surface area (TPSA) is 0 Å². The SMILES string of the molecule is Cc1ccc(/C=C(\c2ccccc2)c2cc[c]([Ge]([c]3ccc(/C(=C/c4ccc(C)cc4)c4ccccc4)cc3)([c]3ccc(/C(=C/c4ccc(C)cc4)c4ccccc4)cc3)[c]3ccc(/C(=C/c4ccc(C)cc4)c4ccccc4)cc3)cc2)cc1. The van der Waals surface area contributed by atoms with Crippen LogP contribution in [0.4, 0.5) is 0 Å². The molecular formula is C84H68Ge. The molecule has 0 radical (unpaired) electrons. The van der Waals surface area contributed by atoms with Crippen molar-refractivity contribution in [3.8, 4) is 0 Å². The summed E-state index contributed by atoms with van der Waals surface area (Å²) >= 11 is -4.10. The molecule has 0 aliphatic rings. The van der Waals surface area contributed by atoms with Crippen LogP contribution in [0.25, 0.3) is 46.6 Å². The molecule has 0 saturated heterocycles. The average Bonchev–Trinajstić information content (AvgIpc) is 3.65. The Morgan fingerprint density at radius 3 is 0.529 bits per heavy atom. The van der Waals surface area contributed by atoms with Gasteiger partial charge in [0.25, 0.3) is 0 Å². The van der Waals surface area contributed by atoms with Crippen molar-refractivity contribution in [2.24, 2.45) is 0 Å². The number of hydrogen-bond donors (Lipinski definition) is 0. The van der Waals surface area contributed by atoms with Gasteiger partial charge in [-0.3, -0.25) is 0 Å². The van der Waals surface area contributed by atoms with E-state index in [0.29, 0.717) is 0 Å². The van der Waals surface area contributed by atoms with Crippen molar-refractivity contribution in [1.29, 1.82) is 0 Å². The predicted octanol–water partition coefficient (Wildman–Crippen LogP) is 18.7. The van der Waals surface area contributed by atoms with E-state index >= 15 is 0 Å². The first-order valence-electron chi connectivity index (χ1n) is 29.5. The van der Waals surface area contributed by atoms with Crippen LogP contribution in [-0.4, -0.2) is 13.3 Å². The van der Waals surface area contributed by atoms with E-state index in [1.54, 1.807) is 0 Å². The van der Waals surface area contributed by atoms with Crippen molar-refractivity contribution < 1.29 is 0 Å². The zero-order chi connectivity index (χ0) is 58.0. The van der Waals surface area contributed by atoms with Gasteiger partial charge in [0.15, 0.2) is 0 Å². The van der Waals surface area contributed by atoms with Crippen molar-refractivity contribution in [3.05, 3.63) is 404 Å². The van der Waals surface area contributed by atoms with E-state index in [1.807, 2.05) is 0 Å². The van der Waals surface area contributed by atoms with E-state index in [-0.39, 0.29) is 0 Å². The Morgan fingerprint density at radius 1 is 0.188 bits per heavy atom. The van der Waals surface area contributed by atoms with Crippen LogP contribution < -0.4 is 17.6 Å². The van der Waals surface area contributed by atoms with E-state index in [4.69, 9.17) is 0 Å². The Morgan fingerprint density at radius 2 is 0.353 bits per heavy atom. The van der Waals surface area contributed by atoms with Crippen LogP contribution in [0.1, 0.15) is 89.0 Å². The molecule has 12 rings (SSSR count). The van der Waals surface area contributed by atoms with Crippen molar-refractivity contribution in [2.75, 3.05) is 0 Å². The maximum absolute atomic E-state index is 4.10. The molecule has 0 aliphatic heterocycles. The first-order valence-corrected chi connectivity index (χ1v) is 33.7. The molecule has 0 amide bonds. The van der Waals surface area contributed by atoms with Crippen molar-refractivity contribution in [2.45, 2.75) is 27.7 Å². The zero-order valence-corrected chi connectivity index (χ0v) is 50.9. The molecule has 85 heavy (non-hydrogen) atoms. The van der Waals surface area contributed by atoms with Crippen LogP contribution >= 0.6 is 0 Å². The van der Waals surface area contributed by atoms with Gasteiger partial charge in [0.1, 0.15) is 0 Å². The fourth-order valence-electron chi connectivity index (χ4n) is 11.7. The Hall–Kier alpha value is -9.86. The second-order valence-corrected chi connectivity index (χ2v) is 30.4. The molecule has 0 aliphatic carbocycles. The quantitative estimate of drug-likeness (QED) is 0.0668. The Kier molecular flexibility index (Phi) is 16.9. The van der Waals surface area contributed by atoms with Gasteiger partial charge >= 0.3 is 510 Å². The summed E-state index contributed by atoms with van der Waals surface area (Å²) in [6.07, 6.45) is 9.36. The molecule has 0 aromatic heterocycles. The minimum absolute atomic E-state index is 1.17. The van der Waals surface area contributed by atoms with Gasteiger partial charge in [0, 0.05) is 0 Å². The third-order valence-electron chi connectivity index (χ3n) is 16.4. The number of hydrogen-bond acceptors (Lipinski definition) is 0. The summed E-state index contributed by atoms with van der Waals surface area (Å²) in [4.78, 5) is 0. The minimum atomic E-state index is -4.10. The summed E-state index contributed by atoms with van der Waals surface area (Å²) in [6, 6.07) is 117. The molecule has 408 valence electrons. The fraction of sp³-hybridized carbons (Fsp3) is 0.0476. The van der Waals surface area contributed by atoms with Crippen LogP contribution in [0.15, 0.2) is 315 Å². The molecule has 0 fully saturated rings. The Labute approximate surface area is 506 Å². The molecule has 12 aromatic carbocycles. The summed E-state index contributed by atoms with van der Waals surface area (Å²) < 4.78 is 5.37. The molecule has 0 unspecified atom stereocenters. The monoisotopic (exact) mass is 1150 g/mol. The third-order valence-corrected chi connectivity index (χ3v) is 26.5. The van der Waals surface area contributed by atoms with E-state index in [1.165, 1.54) is 129 Å². The molecule has 0 N–H and O–H groups in total. The van der Waals surface area contributed by atoms with E-state index < -0.39 is 13.3 Å². The summed E-state index contributed by atoms with van der Waals surface area (Å²) in [5.41, 5.74) is 23.8. The van der Waals surface area contributed by atoms with Gasteiger partial charge in [0.05, 0.1) is 0 Å². The van der Waals surface area contributed by atoms with Crippen LogP contribution in [0.5, 0.6) is 0 Å². The van der Waals surface area contributed by atoms with Gasteiger partial charge in [0.2, 0.25) is 0 Å². The van der Waals surface area contributed by atoms with Crippen LogP contribution in [0.2, 0.25) is 0 Å². The van der Waals surface area contributed by atoms with Crippen molar-refractivity contribution in [3.63, 3.8) is 0 Å². The number of rotatable bonds is 16. The molecule has 0 atom stereocenters. The predicted molar refractivity (Wildman–Crippen MR) is 368 cm³/mol. The fourth-order valence-corrected chi connectivity index (χ4v) is 21.5. The summed E-state index contributed by atoms with van der Waals surface area (Å²) in [6.45, 7) is 8.59. The second-order valence-electron chi connectivity index (χ2n) is 22.4. The zero-order valence-electron chi connectivity index (χ0n) is 48.8. The normalized spacial score (nSPS) is 12.3. The first kappa shape index (κ1) is 55.7. The van der Waals surface area contributed by atoms with Crippen molar-refractivity contribution >= 4 is 77.4 Å². The van der Waals surface area contributed by atoms with E-state index in [9.17, 15) is 0 Å². The van der Waals surface area contributed by atoms with E-state index in [2.05, 4.69) is 367 Å². The second kappa shape index (κ2) is 25.7. The molecule has 0 heterocycles.